The van der Waals surface area contributed by atoms with Crippen molar-refractivity contribution < 1.29 is 13.9 Å². The number of ether oxygens (including phenoxy) is 1. The van der Waals surface area contributed by atoms with Crippen molar-refractivity contribution in [3.8, 4) is 0 Å². The van der Waals surface area contributed by atoms with E-state index >= 15 is 0 Å². The fourth-order valence-corrected chi connectivity index (χ4v) is 3.52. The van der Waals surface area contributed by atoms with Gasteiger partial charge in [0.1, 0.15) is 0 Å². The highest BCUT2D eigenvalue weighted by Gasteiger charge is 2.38. The fraction of sp³-hybridized carbons (Fsp3) is 0.278. The maximum absolute atomic E-state index is 12.7. The molecule has 136 valence electrons. The lowest BCUT2D eigenvalue weighted by atomic mass is 9.80. The van der Waals surface area contributed by atoms with E-state index in [4.69, 9.17) is 32.4 Å². The Kier molecular flexibility index (Phi) is 5.34. The van der Waals surface area contributed by atoms with Crippen molar-refractivity contribution in [3.05, 3.63) is 63.1 Å². The molecule has 1 N–H and O–H groups in total. The lowest BCUT2D eigenvalue weighted by Gasteiger charge is -2.30. The number of carbonyl (C=O) groups is 1. The minimum Gasteiger partial charge on any atom is -0.463 e. The Morgan fingerprint density at radius 2 is 2.08 bits per heavy atom. The van der Waals surface area contributed by atoms with Crippen molar-refractivity contribution in [2.24, 2.45) is 0 Å². The first kappa shape index (κ1) is 18.5. The van der Waals surface area contributed by atoms with Crippen LogP contribution in [0.25, 0.3) is 5.57 Å². The molecule has 0 radical (unpaired) electrons. The van der Waals surface area contributed by atoms with Crippen LogP contribution in [-0.2, 0) is 9.53 Å². The zero-order valence-corrected chi connectivity index (χ0v) is 16.0. The van der Waals surface area contributed by atoms with Crippen LogP contribution in [0, 0.1) is 0 Å². The molecule has 6 nitrogen and oxygen atoms in total. The van der Waals surface area contributed by atoms with E-state index in [1.807, 2.05) is 19.9 Å². The summed E-state index contributed by atoms with van der Waals surface area (Å²) in [5, 5.41) is 11.7. The number of allylic oxidation sites excluding steroid dienone is 3. The lowest BCUT2D eigenvalue weighted by Crippen LogP contribution is -2.29. The topological polar surface area (TPSA) is 77.2 Å². The van der Waals surface area contributed by atoms with E-state index in [2.05, 4.69) is 15.5 Å². The molecule has 0 spiro atoms. The summed E-state index contributed by atoms with van der Waals surface area (Å²) in [7, 11) is 0. The highest BCUT2D eigenvalue weighted by atomic mass is 35.5. The molecule has 0 aliphatic carbocycles. The number of esters is 1. The van der Waals surface area contributed by atoms with Gasteiger partial charge >= 0.3 is 5.97 Å². The summed E-state index contributed by atoms with van der Waals surface area (Å²) in [5.74, 6) is -0.699. The second-order valence-electron chi connectivity index (χ2n) is 5.74. The average molecular weight is 394 g/mol. The number of aromatic nitrogens is 2. The van der Waals surface area contributed by atoms with Gasteiger partial charge in [0.05, 0.1) is 28.1 Å². The lowest BCUT2D eigenvalue weighted by molar-refractivity contribution is -0.138. The van der Waals surface area contributed by atoms with Crippen LogP contribution in [0.15, 0.2) is 46.0 Å². The smallest absolute Gasteiger partial charge is 0.336 e. The second kappa shape index (κ2) is 7.51. The molecule has 1 aromatic heterocycles. The number of benzene rings is 1. The van der Waals surface area contributed by atoms with E-state index in [1.54, 1.807) is 19.1 Å². The highest BCUT2D eigenvalue weighted by molar-refractivity contribution is 6.42. The Morgan fingerprint density at radius 3 is 2.73 bits per heavy atom. The third kappa shape index (κ3) is 3.22. The normalized spacial score (nSPS) is 17.3. The predicted octanol–water partition coefficient (Wildman–Crippen LogP) is 4.33. The van der Waals surface area contributed by atoms with Gasteiger partial charge in [0.2, 0.25) is 12.3 Å². The van der Waals surface area contributed by atoms with E-state index in [0.29, 0.717) is 38.3 Å². The minimum absolute atomic E-state index is 0.254. The Labute approximate surface area is 160 Å². The molecule has 2 aromatic rings. The van der Waals surface area contributed by atoms with Gasteiger partial charge in [-0.3, -0.25) is 0 Å². The van der Waals surface area contributed by atoms with E-state index in [9.17, 15) is 4.79 Å². The van der Waals surface area contributed by atoms with Gasteiger partial charge in [0.15, 0.2) is 0 Å². The average Bonchev–Trinajstić information content (AvgIpc) is 3.11. The molecule has 3 rings (SSSR count). The molecule has 1 unspecified atom stereocenters. The zero-order valence-electron chi connectivity index (χ0n) is 14.5. The minimum atomic E-state index is -0.554. The molecule has 1 aromatic carbocycles. The number of rotatable bonds is 4. The molecular weight excluding hydrogens is 377 g/mol. The molecule has 0 saturated carbocycles. The standard InChI is InChI=1S/C18H17Cl2N3O3/c1-4-25-18(24)14-10(3)22-9(2)13(17-23-21-8-26-17)15(14)11-6-5-7-12(19)16(11)20/h5-8,15,22H,4H2,1-3H3. The van der Waals surface area contributed by atoms with Crippen molar-refractivity contribution in [3.63, 3.8) is 0 Å². The fourth-order valence-electron chi connectivity index (χ4n) is 3.10. The first-order chi connectivity index (χ1) is 12.5. The van der Waals surface area contributed by atoms with Crippen LogP contribution >= 0.6 is 23.2 Å². The van der Waals surface area contributed by atoms with Gasteiger partial charge in [0, 0.05) is 17.0 Å². The third-order valence-electron chi connectivity index (χ3n) is 4.14. The van der Waals surface area contributed by atoms with Crippen molar-refractivity contribution in [1.82, 2.24) is 15.5 Å². The van der Waals surface area contributed by atoms with Crippen LogP contribution in [0.5, 0.6) is 0 Å². The molecule has 1 atom stereocenters. The van der Waals surface area contributed by atoms with E-state index in [0.717, 1.165) is 5.70 Å². The SMILES string of the molecule is CCOC(=O)C1=C(C)NC(C)=C(c2nnco2)C1c1cccc(Cl)c1Cl. The van der Waals surface area contributed by atoms with Gasteiger partial charge in [0.25, 0.3) is 0 Å². The quantitative estimate of drug-likeness (QED) is 0.778. The summed E-state index contributed by atoms with van der Waals surface area (Å²) >= 11 is 12.7. The summed E-state index contributed by atoms with van der Waals surface area (Å²) in [5.41, 5.74) is 3.19. The van der Waals surface area contributed by atoms with Crippen molar-refractivity contribution >= 4 is 34.7 Å². The van der Waals surface area contributed by atoms with Gasteiger partial charge < -0.3 is 14.5 Å². The van der Waals surface area contributed by atoms with E-state index < -0.39 is 11.9 Å². The summed E-state index contributed by atoms with van der Waals surface area (Å²) in [4.78, 5) is 12.7. The molecule has 0 saturated heterocycles. The molecule has 1 aliphatic heterocycles. The summed E-state index contributed by atoms with van der Waals surface area (Å²) < 4.78 is 10.7. The number of carbonyl (C=O) groups excluding carboxylic acids is 1. The Balaban J connectivity index is 2.26. The van der Waals surface area contributed by atoms with Crippen molar-refractivity contribution in [2.75, 3.05) is 6.61 Å². The van der Waals surface area contributed by atoms with Crippen molar-refractivity contribution in [1.29, 1.82) is 0 Å². The Hall–Kier alpha value is -2.31. The number of halogens is 2. The molecule has 26 heavy (non-hydrogen) atoms. The number of dihydropyridines is 1. The number of hydrogen-bond acceptors (Lipinski definition) is 6. The summed E-state index contributed by atoms with van der Waals surface area (Å²) in [6.07, 6.45) is 1.24. The van der Waals surface area contributed by atoms with Crippen LogP contribution in [0.2, 0.25) is 10.0 Å². The zero-order chi connectivity index (χ0) is 18.8. The summed E-state index contributed by atoms with van der Waals surface area (Å²) in [6, 6.07) is 5.29. The number of nitrogens with zero attached hydrogens (tertiary/aromatic N) is 2. The van der Waals surface area contributed by atoms with Gasteiger partial charge in [-0.05, 0) is 32.4 Å². The maximum atomic E-state index is 12.7. The van der Waals surface area contributed by atoms with Crippen LogP contribution in [0.4, 0.5) is 0 Å². The Morgan fingerprint density at radius 1 is 1.31 bits per heavy atom. The predicted molar refractivity (Wildman–Crippen MR) is 98.6 cm³/mol. The van der Waals surface area contributed by atoms with E-state index in [-0.39, 0.29) is 6.61 Å². The van der Waals surface area contributed by atoms with Gasteiger partial charge in [-0.25, -0.2) is 4.79 Å². The molecule has 0 bridgehead atoms. The molecule has 8 heteroatoms. The van der Waals surface area contributed by atoms with Crippen molar-refractivity contribution in [2.45, 2.75) is 26.7 Å². The second-order valence-corrected chi connectivity index (χ2v) is 6.53. The summed E-state index contributed by atoms with van der Waals surface area (Å²) in [6.45, 7) is 5.69. The van der Waals surface area contributed by atoms with Gasteiger partial charge in [-0.15, -0.1) is 10.2 Å². The number of hydrogen-bond donors (Lipinski definition) is 1. The molecule has 0 fully saturated rings. The van der Waals surface area contributed by atoms with Crippen LogP contribution in [-0.4, -0.2) is 22.8 Å². The largest absolute Gasteiger partial charge is 0.463 e. The Bertz CT molecular complexity index is 904. The molecule has 0 amide bonds. The third-order valence-corrected chi connectivity index (χ3v) is 4.97. The maximum Gasteiger partial charge on any atom is 0.336 e. The van der Waals surface area contributed by atoms with Gasteiger partial charge in [-0.2, -0.15) is 0 Å². The molecular formula is C18H17Cl2N3O3. The first-order valence-electron chi connectivity index (χ1n) is 8.01. The molecule has 1 aliphatic rings. The monoisotopic (exact) mass is 393 g/mol. The van der Waals surface area contributed by atoms with Crippen LogP contribution in [0.3, 0.4) is 0 Å². The number of nitrogens with one attached hydrogen (secondary N) is 1. The van der Waals surface area contributed by atoms with Crippen LogP contribution in [0.1, 0.15) is 38.1 Å². The van der Waals surface area contributed by atoms with Crippen LogP contribution < -0.4 is 5.32 Å². The highest BCUT2D eigenvalue weighted by Crippen LogP contribution is 2.46. The van der Waals surface area contributed by atoms with E-state index in [1.165, 1.54) is 6.39 Å². The van der Waals surface area contributed by atoms with Gasteiger partial charge in [-0.1, -0.05) is 35.3 Å². The first-order valence-corrected chi connectivity index (χ1v) is 8.77. The molecule has 2 heterocycles.